The molecule has 2 aromatic rings. The van der Waals surface area contributed by atoms with Gasteiger partial charge in [-0.05, 0) is 19.1 Å². The predicted octanol–water partition coefficient (Wildman–Crippen LogP) is 0.927. The van der Waals surface area contributed by atoms with Crippen LogP contribution in [0.2, 0.25) is 0 Å². The number of ether oxygens (including phenoxy) is 1. The van der Waals surface area contributed by atoms with Crippen molar-refractivity contribution < 1.29 is 27.8 Å². The Bertz CT molecular complexity index is 932. The molecular weight excluding hydrogens is 382 g/mol. The molecule has 1 fully saturated rings. The van der Waals surface area contributed by atoms with E-state index in [4.69, 9.17) is 13.8 Å². The monoisotopic (exact) mass is 400 g/mol. The first-order chi connectivity index (χ1) is 12.9. The smallest absolute Gasteiger partial charge is 0.367 e. The molecule has 3 rings (SSSR count). The van der Waals surface area contributed by atoms with Gasteiger partial charge in [-0.1, -0.05) is 18.2 Å². The van der Waals surface area contributed by atoms with E-state index in [0.29, 0.717) is 5.75 Å². The molecule has 0 spiro atoms. The molecule has 27 heavy (non-hydrogen) atoms. The van der Waals surface area contributed by atoms with E-state index in [2.05, 4.69) is 0 Å². The van der Waals surface area contributed by atoms with Crippen molar-refractivity contribution in [1.82, 2.24) is 9.55 Å². The second kappa shape index (κ2) is 8.18. The van der Waals surface area contributed by atoms with Crippen LogP contribution in [0.5, 0.6) is 5.75 Å². The van der Waals surface area contributed by atoms with Crippen molar-refractivity contribution >= 4 is 8.25 Å². The highest BCUT2D eigenvalue weighted by Crippen LogP contribution is 2.34. The van der Waals surface area contributed by atoms with Gasteiger partial charge in [0.15, 0.2) is 12.4 Å². The summed E-state index contributed by atoms with van der Waals surface area (Å²) in [6.07, 6.45) is -5.03. The van der Waals surface area contributed by atoms with Crippen LogP contribution in [0.1, 0.15) is 11.8 Å². The first-order valence-electron chi connectivity index (χ1n) is 8.06. The maximum absolute atomic E-state index is 14.4. The lowest BCUT2D eigenvalue weighted by Crippen LogP contribution is -2.36. The lowest BCUT2D eigenvalue weighted by Gasteiger charge is -2.16. The number of aliphatic hydroxyl groups is 1. The van der Waals surface area contributed by atoms with Gasteiger partial charge in [0.25, 0.3) is 5.56 Å². The lowest BCUT2D eigenvalue weighted by molar-refractivity contribution is -0.0448. The van der Waals surface area contributed by atoms with Crippen molar-refractivity contribution in [2.75, 3.05) is 6.61 Å². The third-order valence-corrected chi connectivity index (χ3v) is 4.83. The normalized spacial score (nSPS) is 26.0. The molecule has 1 aromatic carbocycles. The summed E-state index contributed by atoms with van der Waals surface area (Å²) in [6.45, 7) is 1.04. The predicted molar refractivity (Wildman–Crippen MR) is 92.9 cm³/mol. The standard InChI is InChI=1S/C16H18FN2O7P/c1-9-7-19(16(22)18-14(9)21)15-12(17)13(20)11(25-15)8-24-27(23)26-10-5-3-2-4-6-10/h2-7,11-13,15,20,27H,8H2,1H3,(H,18,21,22)/t11-,12+,13?,15-/m0/s1. The van der Waals surface area contributed by atoms with E-state index in [1.807, 2.05) is 4.98 Å². The van der Waals surface area contributed by atoms with Crippen LogP contribution in [-0.2, 0) is 13.8 Å². The average Bonchev–Trinajstić information content (AvgIpc) is 2.92. The molecule has 0 saturated carbocycles. The number of aromatic amines is 1. The van der Waals surface area contributed by atoms with E-state index in [1.54, 1.807) is 30.3 Å². The van der Waals surface area contributed by atoms with Gasteiger partial charge in [-0.2, -0.15) is 0 Å². The van der Waals surface area contributed by atoms with Crippen LogP contribution in [0.3, 0.4) is 0 Å². The van der Waals surface area contributed by atoms with Gasteiger partial charge in [0.1, 0.15) is 18.0 Å². The highest BCUT2D eigenvalue weighted by molar-refractivity contribution is 7.33. The van der Waals surface area contributed by atoms with E-state index >= 15 is 0 Å². The number of H-pyrrole nitrogens is 1. The van der Waals surface area contributed by atoms with Crippen LogP contribution in [0.25, 0.3) is 0 Å². The van der Waals surface area contributed by atoms with Gasteiger partial charge in [0.05, 0.1) is 6.61 Å². The molecule has 2 unspecified atom stereocenters. The molecule has 0 aliphatic carbocycles. The number of hydrogen-bond acceptors (Lipinski definition) is 7. The fraction of sp³-hybridized carbons (Fsp3) is 0.375. The molecule has 146 valence electrons. The number of para-hydroxylation sites is 1. The summed E-state index contributed by atoms with van der Waals surface area (Å²) in [5.41, 5.74) is -1.28. The summed E-state index contributed by atoms with van der Waals surface area (Å²) in [5.74, 6) is 0.339. The average molecular weight is 400 g/mol. The number of halogens is 1. The van der Waals surface area contributed by atoms with Crippen molar-refractivity contribution in [2.24, 2.45) is 0 Å². The quantitative estimate of drug-likeness (QED) is 0.692. The molecule has 2 heterocycles. The number of alkyl halides is 1. The van der Waals surface area contributed by atoms with Crippen LogP contribution in [0.15, 0.2) is 46.1 Å². The molecule has 1 aliphatic rings. The Balaban J connectivity index is 1.65. The fourth-order valence-electron chi connectivity index (χ4n) is 2.60. The zero-order chi connectivity index (χ0) is 19.6. The minimum absolute atomic E-state index is 0.181. The molecular formula is C16H18FN2O7P. The van der Waals surface area contributed by atoms with Crippen LogP contribution in [0.4, 0.5) is 4.39 Å². The Labute approximate surface area is 153 Å². The Morgan fingerprint density at radius 1 is 1.33 bits per heavy atom. The van der Waals surface area contributed by atoms with Crippen molar-refractivity contribution in [1.29, 1.82) is 0 Å². The second-order valence-corrected chi connectivity index (χ2v) is 6.95. The highest BCUT2D eigenvalue weighted by atomic mass is 31.1. The van der Waals surface area contributed by atoms with Gasteiger partial charge in [-0.15, -0.1) is 0 Å². The Kier molecular flexibility index (Phi) is 5.91. The third-order valence-electron chi connectivity index (χ3n) is 4.02. The number of hydrogen-bond donors (Lipinski definition) is 2. The van der Waals surface area contributed by atoms with E-state index in [0.717, 1.165) is 10.8 Å². The number of benzene rings is 1. The van der Waals surface area contributed by atoms with Gasteiger partial charge in [0, 0.05) is 11.8 Å². The first-order valence-corrected chi connectivity index (χ1v) is 9.28. The van der Waals surface area contributed by atoms with Gasteiger partial charge < -0.3 is 14.4 Å². The van der Waals surface area contributed by atoms with Crippen molar-refractivity contribution in [3.05, 3.63) is 62.9 Å². The van der Waals surface area contributed by atoms with E-state index in [-0.39, 0.29) is 5.56 Å². The molecule has 2 N–H and O–H groups in total. The van der Waals surface area contributed by atoms with Gasteiger partial charge in [-0.25, -0.2) is 13.8 Å². The summed E-state index contributed by atoms with van der Waals surface area (Å²) in [6, 6.07) is 8.32. The maximum atomic E-state index is 14.4. The van der Waals surface area contributed by atoms with E-state index < -0.39 is 50.7 Å². The number of aryl methyl sites for hydroxylation is 1. The zero-order valence-corrected chi connectivity index (χ0v) is 15.2. The molecule has 1 saturated heterocycles. The molecule has 0 radical (unpaired) electrons. The lowest BCUT2D eigenvalue weighted by atomic mass is 10.1. The number of aliphatic hydroxyl groups excluding tert-OH is 1. The number of nitrogens with one attached hydrogen (secondary N) is 1. The minimum atomic E-state index is -2.95. The maximum Gasteiger partial charge on any atom is 0.367 e. The molecule has 11 heteroatoms. The van der Waals surface area contributed by atoms with Crippen LogP contribution in [-0.4, -0.2) is 39.6 Å². The zero-order valence-electron chi connectivity index (χ0n) is 14.2. The minimum Gasteiger partial charge on any atom is -0.426 e. The van der Waals surface area contributed by atoms with E-state index in [9.17, 15) is 23.7 Å². The molecule has 1 aliphatic heterocycles. The SMILES string of the molecule is Cc1cn([C@H]2O[C@@H](CO[PH](=O)Oc3ccccc3)C(O)[C@H]2F)c(=O)[nH]c1=O. The second-order valence-electron chi connectivity index (χ2n) is 5.95. The Morgan fingerprint density at radius 2 is 2.04 bits per heavy atom. The van der Waals surface area contributed by atoms with Crippen molar-refractivity contribution in [3.63, 3.8) is 0 Å². The van der Waals surface area contributed by atoms with Gasteiger partial charge >= 0.3 is 13.9 Å². The molecule has 0 amide bonds. The largest absolute Gasteiger partial charge is 0.426 e. The Hall–Kier alpha value is -2.26. The van der Waals surface area contributed by atoms with Gasteiger partial charge in [0.2, 0.25) is 0 Å². The Morgan fingerprint density at radius 3 is 2.74 bits per heavy atom. The summed E-state index contributed by atoms with van der Waals surface area (Å²) >= 11 is 0. The van der Waals surface area contributed by atoms with Crippen molar-refractivity contribution in [2.45, 2.75) is 31.5 Å². The first kappa shape index (κ1) is 19.5. The molecule has 1 aromatic heterocycles. The summed E-state index contributed by atoms with van der Waals surface area (Å²) in [4.78, 5) is 25.4. The van der Waals surface area contributed by atoms with Crippen LogP contribution in [0, 0.1) is 6.92 Å². The molecule has 0 bridgehead atoms. The van der Waals surface area contributed by atoms with E-state index in [1.165, 1.54) is 6.92 Å². The molecule has 9 nitrogen and oxygen atoms in total. The fourth-order valence-corrected chi connectivity index (χ4v) is 3.29. The summed E-state index contributed by atoms with van der Waals surface area (Å²) < 4.78 is 42.6. The highest BCUT2D eigenvalue weighted by Gasteiger charge is 2.46. The topological polar surface area (TPSA) is 120 Å². The molecule has 5 atom stereocenters. The van der Waals surface area contributed by atoms with Crippen LogP contribution >= 0.6 is 8.25 Å². The number of aromatic nitrogens is 2. The van der Waals surface area contributed by atoms with Crippen LogP contribution < -0.4 is 15.8 Å². The summed E-state index contributed by atoms with van der Waals surface area (Å²) in [5, 5.41) is 10.0. The third kappa shape index (κ3) is 4.36. The van der Waals surface area contributed by atoms with Gasteiger partial charge in [-0.3, -0.25) is 18.9 Å². The number of nitrogens with zero attached hydrogens (tertiary/aromatic N) is 1. The number of rotatable bonds is 6. The summed E-state index contributed by atoms with van der Waals surface area (Å²) in [7, 11) is -2.95. The van der Waals surface area contributed by atoms with Crippen molar-refractivity contribution in [3.8, 4) is 5.75 Å².